The highest BCUT2D eigenvalue weighted by Crippen LogP contribution is 2.32. The minimum absolute atomic E-state index is 0.212. The van der Waals surface area contributed by atoms with Gasteiger partial charge in [0.05, 0.1) is 25.4 Å². The van der Waals surface area contributed by atoms with E-state index in [0.29, 0.717) is 22.7 Å². The molecule has 4 aromatic rings. The van der Waals surface area contributed by atoms with Crippen molar-refractivity contribution in [3.8, 4) is 22.8 Å². The fourth-order valence-electron chi connectivity index (χ4n) is 3.28. The van der Waals surface area contributed by atoms with E-state index in [9.17, 15) is 4.79 Å². The summed E-state index contributed by atoms with van der Waals surface area (Å²) in [6.45, 7) is 2.06. The van der Waals surface area contributed by atoms with Gasteiger partial charge in [0.1, 0.15) is 11.5 Å². The first-order chi connectivity index (χ1) is 14.6. The van der Waals surface area contributed by atoms with Crippen molar-refractivity contribution in [1.29, 1.82) is 0 Å². The number of methoxy groups -OCH3 is 2. The summed E-state index contributed by atoms with van der Waals surface area (Å²) in [5.41, 5.74) is 5.05. The Morgan fingerprint density at radius 3 is 2.43 bits per heavy atom. The highest BCUT2D eigenvalue weighted by atomic mass is 16.5. The standard InChI is InChI=1S/C25H22N2O3/c1-16-7-9-17(10-8-16)23-15-24(30-3)21-14-19(11-12-22(21)27-23)26-25(28)18-5-4-6-20(13-18)29-2/h4-15H,1-3H3,(H,26,28). The third kappa shape index (κ3) is 3.96. The van der Waals surface area contributed by atoms with E-state index in [1.54, 1.807) is 38.5 Å². The number of hydrogen-bond acceptors (Lipinski definition) is 4. The van der Waals surface area contributed by atoms with Crippen LogP contribution in [-0.4, -0.2) is 25.1 Å². The average Bonchev–Trinajstić information content (AvgIpc) is 2.79. The molecular weight excluding hydrogens is 376 g/mol. The number of nitrogens with zero attached hydrogens (tertiary/aromatic N) is 1. The zero-order valence-corrected chi connectivity index (χ0v) is 17.1. The smallest absolute Gasteiger partial charge is 0.255 e. The summed E-state index contributed by atoms with van der Waals surface area (Å²) in [5.74, 6) is 1.13. The summed E-state index contributed by atoms with van der Waals surface area (Å²) in [7, 11) is 3.21. The Morgan fingerprint density at radius 1 is 0.900 bits per heavy atom. The first-order valence-corrected chi connectivity index (χ1v) is 9.58. The van der Waals surface area contributed by atoms with Crippen molar-refractivity contribution in [1.82, 2.24) is 4.98 Å². The van der Waals surface area contributed by atoms with Gasteiger partial charge in [-0.15, -0.1) is 0 Å². The highest BCUT2D eigenvalue weighted by molar-refractivity contribution is 6.05. The summed E-state index contributed by atoms with van der Waals surface area (Å²) in [5, 5.41) is 3.76. The summed E-state index contributed by atoms with van der Waals surface area (Å²) in [6, 6.07) is 22.8. The molecule has 1 N–H and O–H groups in total. The number of aryl methyl sites for hydroxylation is 1. The lowest BCUT2D eigenvalue weighted by atomic mass is 10.1. The molecule has 1 aromatic heterocycles. The number of aromatic nitrogens is 1. The van der Waals surface area contributed by atoms with E-state index >= 15 is 0 Å². The van der Waals surface area contributed by atoms with Crippen LogP contribution < -0.4 is 14.8 Å². The van der Waals surface area contributed by atoms with Crippen LogP contribution in [0.2, 0.25) is 0 Å². The first kappa shape index (κ1) is 19.5. The van der Waals surface area contributed by atoms with E-state index in [4.69, 9.17) is 14.5 Å². The Bertz CT molecular complexity index is 1220. The normalized spacial score (nSPS) is 10.6. The van der Waals surface area contributed by atoms with Crippen molar-refractivity contribution in [3.05, 3.63) is 83.9 Å². The largest absolute Gasteiger partial charge is 0.497 e. The summed E-state index contributed by atoms with van der Waals surface area (Å²) in [4.78, 5) is 17.4. The number of amides is 1. The van der Waals surface area contributed by atoms with Crippen LogP contribution in [0.5, 0.6) is 11.5 Å². The van der Waals surface area contributed by atoms with Crippen LogP contribution in [0.25, 0.3) is 22.2 Å². The number of hydrogen-bond donors (Lipinski definition) is 1. The number of fused-ring (bicyclic) bond motifs is 1. The summed E-state index contributed by atoms with van der Waals surface area (Å²) in [6.07, 6.45) is 0. The maximum absolute atomic E-state index is 12.6. The lowest BCUT2D eigenvalue weighted by Crippen LogP contribution is -2.11. The van der Waals surface area contributed by atoms with Gasteiger partial charge in [0.2, 0.25) is 0 Å². The minimum Gasteiger partial charge on any atom is -0.497 e. The van der Waals surface area contributed by atoms with Crippen molar-refractivity contribution in [2.75, 3.05) is 19.5 Å². The second-order valence-electron chi connectivity index (χ2n) is 6.99. The number of carbonyl (C=O) groups is 1. The lowest BCUT2D eigenvalue weighted by molar-refractivity contribution is 0.102. The molecule has 0 aliphatic carbocycles. The topological polar surface area (TPSA) is 60.5 Å². The number of nitrogens with one attached hydrogen (secondary N) is 1. The van der Waals surface area contributed by atoms with Gasteiger partial charge >= 0.3 is 0 Å². The molecule has 0 spiro atoms. The van der Waals surface area contributed by atoms with Crippen LogP contribution in [0.3, 0.4) is 0 Å². The van der Waals surface area contributed by atoms with Crippen molar-refractivity contribution >= 4 is 22.5 Å². The molecule has 5 nitrogen and oxygen atoms in total. The Balaban J connectivity index is 1.67. The molecule has 0 aliphatic rings. The van der Waals surface area contributed by atoms with Crippen molar-refractivity contribution < 1.29 is 14.3 Å². The minimum atomic E-state index is -0.212. The number of ether oxygens (including phenoxy) is 2. The van der Waals surface area contributed by atoms with Crippen LogP contribution in [0.15, 0.2) is 72.8 Å². The number of carbonyl (C=O) groups excluding carboxylic acids is 1. The van der Waals surface area contributed by atoms with Crippen LogP contribution in [0.1, 0.15) is 15.9 Å². The molecule has 5 heteroatoms. The molecule has 3 aromatic carbocycles. The summed E-state index contributed by atoms with van der Waals surface area (Å²) < 4.78 is 10.8. The molecule has 150 valence electrons. The molecule has 0 saturated carbocycles. The lowest BCUT2D eigenvalue weighted by Gasteiger charge is -2.12. The van der Waals surface area contributed by atoms with E-state index in [1.807, 2.05) is 36.4 Å². The van der Waals surface area contributed by atoms with Crippen LogP contribution in [-0.2, 0) is 0 Å². The average molecular weight is 398 g/mol. The predicted octanol–water partition coefficient (Wildman–Crippen LogP) is 5.48. The van der Waals surface area contributed by atoms with Gasteiger partial charge in [-0.3, -0.25) is 4.79 Å². The molecule has 0 bridgehead atoms. The van der Waals surface area contributed by atoms with E-state index in [0.717, 1.165) is 22.2 Å². The molecule has 1 heterocycles. The zero-order valence-electron chi connectivity index (χ0n) is 17.1. The molecule has 4 rings (SSSR count). The van der Waals surface area contributed by atoms with E-state index in [1.165, 1.54) is 5.56 Å². The van der Waals surface area contributed by atoms with Gasteiger partial charge in [0.25, 0.3) is 5.91 Å². The Kier molecular flexibility index (Phi) is 5.35. The van der Waals surface area contributed by atoms with Gasteiger partial charge in [-0.25, -0.2) is 4.98 Å². The van der Waals surface area contributed by atoms with Gasteiger partial charge in [-0.05, 0) is 43.3 Å². The van der Waals surface area contributed by atoms with Gasteiger partial charge in [-0.2, -0.15) is 0 Å². The zero-order chi connectivity index (χ0) is 21.1. The van der Waals surface area contributed by atoms with Gasteiger partial charge < -0.3 is 14.8 Å². The Hall–Kier alpha value is -3.86. The first-order valence-electron chi connectivity index (χ1n) is 9.58. The van der Waals surface area contributed by atoms with Crippen LogP contribution in [0.4, 0.5) is 5.69 Å². The van der Waals surface area contributed by atoms with Crippen molar-refractivity contribution in [2.45, 2.75) is 6.92 Å². The molecule has 0 radical (unpaired) electrons. The number of anilines is 1. The van der Waals surface area contributed by atoms with E-state index in [-0.39, 0.29) is 5.91 Å². The molecule has 30 heavy (non-hydrogen) atoms. The van der Waals surface area contributed by atoms with Gasteiger partial charge in [-0.1, -0.05) is 35.9 Å². The number of benzene rings is 3. The molecular formula is C25H22N2O3. The third-order valence-electron chi connectivity index (χ3n) is 4.93. The number of pyridine rings is 1. The summed E-state index contributed by atoms with van der Waals surface area (Å²) >= 11 is 0. The predicted molar refractivity (Wildman–Crippen MR) is 119 cm³/mol. The van der Waals surface area contributed by atoms with E-state index < -0.39 is 0 Å². The SMILES string of the molecule is COc1cccc(C(=O)Nc2ccc3nc(-c4ccc(C)cc4)cc(OC)c3c2)c1. The maximum atomic E-state index is 12.6. The third-order valence-corrected chi connectivity index (χ3v) is 4.93. The molecule has 0 atom stereocenters. The van der Waals surface area contributed by atoms with Crippen LogP contribution in [0, 0.1) is 6.92 Å². The van der Waals surface area contributed by atoms with Gasteiger partial charge in [0, 0.05) is 28.3 Å². The highest BCUT2D eigenvalue weighted by Gasteiger charge is 2.12. The molecule has 1 amide bonds. The van der Waals surface area contributed by atoms with Crippen molar-refractivity contribution in [3.63, 3.8) is 0 Å². The molecule has 0 aliphatic heterocycles. The fourth-order valence-corrected chi connectivity index (χ4v) is 3.28. The number of rotatable bonds is 5. The monoisotopic (exact) mass is 398 g/mol. The van der Waals surface area contributed by atoms with Gasteiger partial charge in [0.15, 0.2) is 0 Å². The fraction of sp³-hybridized carbons (Fsp3) is 0.120. The molecule has 0 saturated heterocycles. The Labute approximate surface area is 175 Å². The van der Waals surface area contributed by atoms with Crippen LogP contribution >= 0.6 is 0 Å². The second kappa shape index (κ2) is 8.25. The van der Waals surface area contributed by atoms with Crippen molar-refractivity contribution in [2.24, 2.45) is 0 Å². The maximum Gasteiger partial charge on any atom is 0.255 e. The molecule has 0 fully saturated rings. The quantitative estimate of drug-likeness (QED) is 0.484. The Morgan fingerprint density at radius 2 is 1.70 bits per heavy atom. The van der Waals surface area contributed by atoms with E-state index in [2.05, 4.69) is 24.4 Å². The second-order valence-corrected chi connectivity index (χ2v) is 6.99. The molecule has 0 unspecified atom stereocenters.